The Balaban J connectivity index is 1.14. The summed E-state index contributed by atoms with van der Waals surface area (Å²) < 4.78 is 34.5. The second-order valence-corrected chi connectivity index (χ2v) is 10.6. The molecule has 0 aliphatic carbocycles. The maximum absolute atomic E-state index is 13.4. The molecule has 9 unspecified atom stereocenters. The van der Waals surface area contributed by atoms with E-state index in [-0.39, 0.29) is 24.7 Å². The number of hydrogen-bond acceptors (Lipinski definition) is 10. The Morgan fingerprint density at radius 2 is 1.88 bits per heavy atom. The van der Waals surface area contributed by atoms with E-state index in [1.165, 1.54) is 0 Å². The van der Waals surface area contributed by atoms with Crippen molar-refractivity contribution in [3.8, 4) is 0 Å². The van der Waals surface area contributed by atoms with Crippen molar-refractivity contribution in [3.05, 3.63) is 0 Å². The molecule has 6 aliphatic rings. The van der Waals surface area contributed by atoms with Crippen molar-refractivity contribution in [2.45, 2.75) is 75.3 Å². The molecule has 6 saturated heterocycles. The first-order chi connectivity index (χ1) is 15.8. The molecule has 4 bridgehead atoms. The summed E-state index contributed by atoms with van der Waals surface area (Å²) in [5, 5.41) is 0. The van der Waals surface area contributed by atoms with Crippen LogP contribution in [0.5, 0.6) is 0 Å². The van der Waals surface area contributed by atoms with E-state index in [9.17, 15) is 14.4 Å². The van der Waals surface area contributed by atoms with Gasteiger partial charge in [-0.25, -0.2) is 0 Å². The fourth-order valence-electron chi connectivity index (χ4n) is 6.64. The van der Waals surface area contributed by atoms with Crippen LogP contribution in [0.25, 0.3) is 0 Å². The first-order valence-corrected chi connectivity index (χ1v) is 12.1. The van der Waals surface area contributed by atoms with Crippen molar-refractivity contribution in [2.24, 2.45) is 17.8 Å². The summed E-state index contributed by atoms with van der Waals surface area (Å²) in [4.78, 5) is 40.5. The molecule has 0 spiro atoms. The molecule has 33 heavy (non-hydrogen) atoms. The molecule has 0 aromatic carbocycles. The molecule has 9 atom stereocenters. The van der Waals surface area contributed by atoms with E-state index >= 15 is 0 Å². The maximum atomic E-state index is 13.4. The van der Waals surface area contributed by atoms with Crippen LogP contribution < -0.4 is 0 Å². The predicted octanol–water partition coefficient (Wildman–Crippen LogP) is 0.0585. The van der Waals surface area contributed by atoms with Crippen LogP contribution in [0, 0.1) is 17.8 Å². The highest BCUT2D eigenvalue weighted by atomic mass is 16.7. The van der Waals surface area contributed by atoms with E-state index in [4.69, 9.17) is 28.4 Å². The van der Waals surface area contributed by atoms with Crippen LogP contribution in [-0.4, -0.2) is 97.9 Å². The Morgan fingerprint density at radius 3 is 2.58 bits per heavy atom. The number of nitrogens with zero attached hydrogens (tertiary/aromatic N) is 1. The Kier molecular flexibility index (Phi) is 5.21. The van der Waals surface area contributed by atoms with Crippen molar-refractivity contribution < 1.29 is 42.8 Å². The molecule has 10 nitrogen and oxygen atoms in total. The van der Waals surface area contributed by atoms with Gasteiger partial charge in [0, 0.05) is 19.0 Å². The highest BCUT2D eigenvalue weighted by Gasteiger charge is 2.72. The SMILES string of the molecule is CC(C)(OC(=O)C1C2OC3C(OC(=O)C31)C2OC(=O)CN1CCOCC1)C1CC2CCC1O2. The van der Waals surface area contributed by atoms with Gasteiger partial charge in [-0.3, -0.25) is 19.3 Å². The van der Waals surface area contributed by atoms with Gasteiger partial charge in [0.15, 0.2) is 12.2 Å². The highest BCUT2D eigenvalue weighted by Crippen LogP contribution is 2.52. The zero-order valence-corrected chi connectivity index (χ0v) is 19.0. The largest absolute Gasteiger partial charge is 0.459 e. The Bertz CT molecular complexity index is 840. The molecule has 182 valence electrons. The van der Waals surface area contributed by atoms with Gasteiger partial charge in [0.1, 0.15) is 29.6 Å². The van der Waals surface area contributed by atoms with E-state index in [0.717, 1.165) is 19.3 Å². The monoisotopic (exact) mass is 465 g/mol. The molecular formula is C23H31NO9. The van der Waals surface area contributed by atoms with E-state index in [2.05, 4.69) is 0 Å². The van der Waals surface area contributed by atoms with Gasteiger partial charge < -0.3 is 28.4 Å². The molecule has 6 heterocycles. The van der Waals surface area contributed by atoms with Crippen LogP contribution in [0.3, 0.4) is 0 Å². The quantitative estimate of drug-likeness (QED) is 0.394. The number of ether oxygens (including phenoxy) is 6. The van der Waals surface area contributed by atoms with Gasteiger partial charge in [0.05, 0.1) is 32.0 Å². The maximum Gasteiger partial charge on any atom is 0.320 e. The van der Waals surface area contributed by atoms with E-state index in [0.29, 0.717) is 26.3 Å². The van der Waals surface area contributed by atoms with Crippen molar-refractivity contribution in [3.63, 3.8) is 0 Å². The third-order valence-corrected chi connectivity index (χ3v) is 8.26. The molecule has 0 radical (unpaired) electrons. The average Bonchev–Trinajstić information content (AvgIpc) is 3.56. The average molecular weight is 465 g/mol. The summed E-state index contributed by atoms with van der Waals surface area (Å²) in [5.41, 5.74) is -0.733. The third kappa shape index (κ3) is 3.57. The lowest BCUT2D eigenvalue weighted by Crippen LogP contribution is -2.51. The summed E-state index contributed by atoms with van der Waals surface area (Å²) in [6, 6.07) is 0. The second-order valence-electron chi connectivity index (χ2n) is 10.6. The highest BCUT2D eigenvalue weighted by molar-refractivity contribution is 5.87. The number of carbonyl (C=O) groups is 3. The van der Waals surface area contributed by atoms with Gasteiger partial charge in [-0.15, -0.1) is 0 Å². The van der Waals surface area contributed by atoms with E-state index < -0.39 is 59.8 Å². The second kappa shape index (κ2) is 7.90. The Hall–Kier alpha value is -1.75. The zero-order valence-electron chi connectivity index (χ0n) is 19.0. The van der Waals surface area contributed by atoms with Gasteiger partial charge in [0.2, 0.25) is 0 Å². The summed E-state index contributed by atoms with van der Waals surface area (Å²) in [6.45, 7) is 6.38. The first-order valence-electron chi connectivity index (χ1n) is 12.1. The predicted molar refractivity (Wildman–Crippen MR) is 109 cm³/mol. The number of fused-ring (bicyclic) bond motifs is 3. The standard InChI is InChI=1S/C23H31NO9/c1-23(2,12-9-11-3-4-13(12)29-11)33-22(27)16-15-17-20(32-21(15)26)19(18(16)31-17)30-14(25)10-24-5-7-28-8-6-24/h11-13,15-20H,3-10H2,1-2H3. The molecule has 0 aromatic rings. The smallest absolute Gasteiger partial charge is 0.320 e. The number of carbonyl (C=O) groups excluding carboxylic acids is 3. The van der Waals surface area contributed by atoms with Crippen LogP contribution in [0.15, 0.2) is 0 Å². The summed E-state index contributed by atoms with van der Waals surface area (Å²) in [5.74, 6) is -2.85. The van der Waals surface area contributed by atoms with E-state index in [1.807, 2.05) is 18.7 Å². The van der Waals surface area contributed by atoms with Gasteiger partial charge in [-0.05, 0) is 33.1 Å². The van der Waals surface area contributed by atoms with Crippen molar-refractivity contribution >= 4 is 17.9 Å². The summed E-state index contributed by atoms with van der Waals surface area (Å²) in [7, 11) is 0. The lowest BCUT2D eigenvalue weighted by atomic mass is 9.77. The van der Waals surface area contributed by atoms with Crippen LogP contribution in [-0.2, 0) is 42.8 Å². The molecule has 6 aliphatic heterocycles. The summed E-state index contributed by atoms with van der Waals surface area (Å²) in [6.07, 6.45) is 0.431. The molecular weight excluding hydrogens is 434 g/mol. The van der Waals surface area contributed by atoms with Gasteiger partial charge in [0.25, 0.3) is 0 Å². The molecule has 0 saturated carbocycles. The van der Waals surface area contributed by atoms with Crippen molar-refractivity contribution in [1.82, 2.24) is 4.90 Å². The van der Waals surface area contributed by atoms with Gasteiger partial charge in [-0.2, -0.15) is 0 Å². The van der Waals surface area contributed by atoms with Crippen LogP contribution in [0.4, 0.5) is 0 Å². The lowest BCUT2D eigenvalue weighted by molar-refractivity contribution is -0.177. The molecule has 0 N–H and O–H groups in total. The van der Waals surface area contributed by atoms with Gasteiger partial charge in [-0.1, -0.05) is 0 Å². The number of rotatable bonds is 6. The lowest BCUT2D eigenvalue weighted by Gasteiger charge is -2.37. The first kappa shape index (κ1) is 21.8. The summed E-state index contributed by atoms with van der Waals surface area (Å²) >= 11 is 0. The van der Waals surface area contributed by atoms with Crippen molar-refractivity contribution in [2.75, 3.05) is 32.8 Å². The minimum atomic E-state index is -0.846. The minimum Gasteiger partial charge on any atom is -0.459 e. The zero-order chi connectivity index (χ0) is 22.9. The van der Waals surface area contributed by atoms with Gasteiger partial charge >= 0.3 is 17.9 Å². The molecule has 0 amide bonds. The fourth-order valence-corrected chi connectivity index (χ4v) is 6.64. The molecule has 0 aromatic heterocycles. The van der Waals surface area contributed by atoms with Crippen molar-refractivity contribution in [1.29, 1.82) is 0 Å². The molecule has 10 heteroatoms. The number of hydrogen-bond donors (Lipinski definition) is 0. The Morgan fingerprint density at radius 1 is 1.09 bits per heavy atom. The third-order valence-electron chi connectivity index (χ3n) is 8.26. The fraction of sp³-hybridized carbons (Fsp3) is 0.870. The minimum absolute atomic E-state index is 0.101. The molecule has 6 rings (SSSR count). The van der Waals surface area contributed by atoms with Crippen LogP contribution in [0.2, 0.25) is 0 Å². The van der Waals surface area contributed by atoms with Crippen LogP contribution in [0.1, 0.15) is 33.1 Å². The number of esters is 3. The topological polar surface area (TPSA) is 110 Å². The van der Waals surface area contributed by atoms with E-state index in [1.54, 1.807) is 0 Å². The van der Waals surface area contributed by atoms with Crippen LogP contribution >= 0.6 is 0 Å². The number of morpholine rings is 1. The molecule has 6 fully saturated rings. The Labute approximate surface area is 192 Å². The normalized spacial score (nSPS) is 43.7.